The quantitative estimate of drug-likeness (QED) is 0.753. The molecule has 0 heterocycles. The predicted molar refractivity (Wildman–Crippen MR) is 78.9 cm³/mol. The van der Waals surface area contributed by atoms with Gasteiger partial charge in [-0.15, -0.1) is 0 Å². The molecule has 0 radical (unpaired) electrons. The summed E-state index contributed by atoms with van der Waals surface area (Å²) in [6, 6.07) is 2.26. The molecule has 1 aliphatic carbocycles. The summed E-state index contributed by atoms with van der Waals surface area (Å²) < 4.78 is 0. The van der Waals surface area contributed by atoms with Crippen molar-refractivity contribution in [1.82, 2.24) is 5.32 Å². The van der Waals surface area contributed by atoms with Gasteiger partial charge in [-0.1, -0.05) is 33.1 Å². The number of hydrogen-bond acceptors (Lipinski definition) is 3. The Morgan fingerprint density at radius 2 is 1.90 bits per heavy atom. The van der Waals surface area contributed by atoms with E-state index in [-0.39, 0.29) is 17.9 Å². The van der Waals surface area contributed by atoms with Gasteiger partial charge in [0.15, 0.2) is 0 Å². The van der Waals surface area contributed by atoms with Gasteiger partial charge in [0.2, 0.25) is 5.91 Å². The predicted octanol–water partition coefficient (Wildman–Crippen LogP) is 2.77. The first-order valence-electron chi connectivity index (χ1n) is 7.88. The number of rotatable bonds is 7. The summed E-state index contributed by atoms with van der Waals surface area (Å²) in [5.74, 6) is -0.107. The van der Waals surface area contributed by atoms with E-state index in [2.05, 4.69) is 25.2 Å². The summed E-state index contributed by atoms with van der Waals surface area (Å²) in [6.07, 6.45) is 6.94. The SMILES string of the molecule is CCC(CC)(CCO)CNC(=O)C1(C#N)CCCCC1. The fourth-order valence-corrected chi connectivity index (χ4v) is 3.16. The van der Waals surface area contributed by atoms with Crippen LogP contribution in [0.5, 0.6) is 0 Å². The van der Waals surface area contributed by atoms with Gasteiger partial charge in [-0.3, -0.25) is 4.79 Å². The normalized spacial score (nSPS) is 18.3. The maximum Gasteiger partial charge on any atom is 0.240 e. The topological polar surface area (TPSA) is 73.1 Å². The van der Waals surface area contributed by atoms with Crippen molar-refractivity contribution < 1.29 is 9.90 Å². The second kappa shape index (κ2) is 7.64. The zero-order chi connectivity index (χ0) is 15.1. The first-order valence-corrected chi connectivity index (χ1v) is 7.88. The number of aliphatic hydroxyl groups excluding tert-OH is 1. The number of amides is 1. The van der Waals surface area contributed by atoms with Crippen LogP contribution in [0.25, 0.3) is 0 Å². The molecule has 0 unspecified atom stereocenters. The highest BCUT2D eigenvalue weighted by atomic mass is 16.3. The highest BCUT2D eigenvalue weighted by Crippen LogP contribution is 2.36. The Balaban J connectivity index is 2.67. The number of nitrogens with zero attached hydrogens (tertiary/aromatic N) is 1. The first kappa shape index (κ1) is 17.0. The lowest BCUT2D eigenvalue weighted by molar-refractivity contribution is -0.130. The third kappa shape index (κ3) is 3.73. The Hall–Kier alpha value is -1.08. The molecule has 2 N–H and O–H groups in total. The molecule has 4 nitrogen and oxygen atoms in total. The minimum atomic E-state index is -0.815. The lowest BCUT2D eigenvalue weighted by Crippen LogP contribution is -2.46. The molecule has 0 saturated heterocycles. The fraction of sp³-hybridized carbons (Fsp3) is 0.875. The molecule has 0 aromatic carbocycles. The van der Waals surface area contributed by atoms with Gasteiger partial charge in [0.1, 0.15) is 5.41 Å². The molecule has 1 aliphatic rings. The van der Waals surface area contributed by atoms with Gasteiger partial charge in [0.25, 0.3) is 0 Å². The largest absolute Gasteiger partial charge is 0.396 e. The van der Waals surface area contributed by atoms with Crippen LogP contribution in [0, 0.1) is 22.2 Å². The summed E-state index contributed by atoms with van der Waals surface area (Å²) in [6.45, 7) is 4.88. The van der Waals surface area contributed by atoms with Crippen molar-refractivity contribution in [1.29, 1.82) is 5.26 Å². The van der Waals surface area contributed by atoms with Crippen molar-refractivity contribution >= 4 is 5.91 Å². The Kier molecular flexibility index (Phi) is 6.48. The molecule has 1 rings (SSSR count). The van der Waals surface area contributed by atoms with Gasteiger partial charge in [0, 0.05) is 13.2 Å². The van der Waals surface area contributed by atoms with Gasteiger partial charge in [-0.25, -0.2) is 0 Å². The molecule has 4 heteroatoms. The van der Waals surface area contributed by atoms with E-state index < -0.39 is 5.41 Å². The van der Waals surface area contributed by atoms with Crippen molar-refractivity contribution in [2.45, 2.75) is 65.2 Å². The number of carbonyl (C=O) groups excluding carboxylic acids is 1. The molecule has 0 aromatic rings. The molecule has 114 valence electrons. The monoisotopic (exact) mass is 280 g/mol. The van der Waals surface area contributed by atoms with Crippen molar-refractivity contribution in [3.8, 4) is 6.07 Å². The van der Waals surface area contributed by atoms with E-state index in [1.807, 2.05) is 0 Å². The van der Waals surface area contributed by atoms with Crippen LogP contribution in [0.1, 0.15) is 65.2 Å². The summed E-state index contributed by atoms with van der Waals surface area (Å²) >= 11 is 0. The highest BCUT2D eigenvalue weighted by Gasteiger charge is 2.40. The third-order valence-corrected chi connectivity index (χ3v) is 5.12. The second-order valence-electron chi connectivity index (χ2n) is 6.12. The Morgan fingerprint density at radius 3 is 2.35 bits per heavy atom. The van der Waals surface area contributed by atoms with Crippen molar-refractivity contribution in [3.05, 3.63) is 0 Å². The van der Waals surface area contributed by atoms with Crippen molar-refractivity contribution in [2.24, 2.45) is 10.8 Å². The number of carbonyl (C=O) groups is 1. The lowest BCUT2D eigenvalue weighted by atomic mass is 9.74. The van der Waals surface area contributed by atoms with Crippen LogP contribution in [0.3, 0.4) is 0 Å². The van der Waals surface area contributed by atoms with Crippen LogP contribution in [0.15, 0.2) is 0 Å². The summed E-state index contributed by atoms with van der Waals surface area (Å²) in [4.78, 5) is 12.4. The van der Waals surface area contributed by atoms with Crippen LogP contribution >= 0.6 is 0 Å². The van der Waals surface area contributed by atoms with E-state index in [4.69, 9.17) is 0 Å². The molecule has 0 spiro atoms. The van der Waals surface area contributed by atoms with Gasteiger partial charge in [-0.05, 0) is 37.5 Å². The molecule has 0 bridgehead atoms. The van der Waals surface area contributed by atoms with E-state index in [0.29, 0.717) is 25.8 Å². The zero-order valence-corrected chi connectivity index (χ0v) is 12.9. The van der Waals surface area contributed by atoms with Gasteiger partial charge in [-0.2, -0.15) is 5.26 Å². The second-order valence-corrected chi connectivity index (χ2v) is 6.12. The van der Waals surface area contributed by atoms with Crippen LogP contribution in [0.2, 0.25) is 0 Å². The first-order chi connectivity index (χ1) is 9.58. The van der Waals surface area contributed by atoms with E-state index >= 15 is 0 Å². The van der Waals surface area contributed by atoms with Crippen molar-refractivity contribution in [2.75, 3.05) is 13.2 Å². The molecule has 20 heavy (non-hydrogen) atoms. The maximum absolute atomic E-state index is 12.4. The average Bonchev–Trinajstić information content (AvgIpc) is 2.52. The fourth-order valence-electron chi connectivity index (χ4n) is 3.16. The van der Waals surface area contributed by atoms with Crippen LogP contribution in [-0.4, -0.2) is 24.2 Å². The molecule has 1 saturated carbocycles. The van der Waals surface area contributed by atoms with Crippen molar-refractivity contribution in [3.63, 3.8) is 0 Å². The summed E-state index contributed by atoms with van der Waals surface area (Å²) in [5.41, 5.74) is -0.861. The van der Waals surface area contributed by atoms with Gasteiger partial charge < -0.3 is 10.4 Å². The van der Waals surface area contributed by atoms with Gasteiger partial charge >= 0.3 is 0 Å². The molecule has 1 amide bonds. The Morgan fingerprint density at radius 1 is 1.30 bits per heavy atom. The standard InChI is InChI=1S/C16H28N2O2/c1-3-15(4-2,10-11-19)13-18-14(20)16(12-17)8-6-5-7-9-16/h19H,3-11,13H2,1-2H3,(H,18,20). The van der Waals surface area contributed by atoms with Crippen LogP contribution in [-0.2, 0) is 4.79 Å². The zero-order valence-electron chi connectivity index (χ0n) is 12.9. The highest BCUT2D eigenvalue weighted by molar-refractivity contribution is 5.85. The average molecular weight is 280 g/mol. The smallest absolute Gasteiger partial charge is 0.240 e. The van der Waals surface area contributed by atoms with E-state index in [0.717, 1.165) is 32.1 Å². The van der Waals surface area contributed by atoms with E-state index in [1.54, 1.807) is 0 Å². The number of nitrogens with one attached hydrogen (secondary N) is 1. The minimum Gasteiger partial charge on any atom is -0.396 e. The molecule has 0 atom stereocenters. The number of nitriles is 1. The molecular formula is C16H28N2O2. The summed E-state index contributed by atoms with van der Waals surface area (Å²) in [5, 5.41) is 21.6. The number of aliphatic hydroxyl groups is 1. The maximum atomic E-state index is 12.4. The molecule has 0 aliphatic heterocycles. The van der Waals surface area contributed by atoms with Gasteiger partial charge in [0.05, 0.1) is 6.07 Å². The Labute approximate surface area is 122 Å². The van der Waals surface area contributed by atoms with Crippen LogP contribution in [0.4, 0.5) is 0 Å². The Bertz CT molecular complexity index is 350. The lowest BCUT2D eigenvalue weighted by Gasteiger charge is -2.34. The molecular weight excluding hydrogens is 252 g/mol. The minimum absolute atomic E-state index is 0.0459. The van der Waals surface area contributed by atoms with E-state index in [1.165, 1.54) is 0 Å². The third-order valence-electron chi connectivity index (χ3n) is 5.12. The molecule has 0 aromatic heterocycles. The van der Waals surface area contributed by atoms with Crippen LogP contribution < -0.4 is 5.32 Å². The number of hydrogen-bond donors (Lipinski definition) is 2. The van der Waals surface area contributed by atoms with E-state index in [9.17, 15) is 15.2 Å². The molecule has 1 fully saturated rings. The summed E-state index contributed by atoms with van der Waals surface area (Å²) in [7, 11) is 0.